The van der Waals surface area contributed by atoms with Crippen molar-refractivity contribution in [1.82, 2.24) is 4.90 Å². The van der Waals surface area contributed by atoms with Crippen LogP contribution in [0.2, 0.25) is 0 Å². The van der Waals surface area contributed by atoms with E-state index < -0.39 is 0 Å². The van der Waals surface area contributed by atoms with Gasteiger partial charge in [0.25, 0.3) is 0 Å². The molecule has 16 heavy (non-hydrogen) atoms. The third-order valence-electron chi connectivity index (χ3n) is 3.98. The van der Waals surface area contributed by atoms with Crippen LogP contribution in [-0.4, -0.2) is 36.2 Å². The number of likely N-dealkylation sites (tertiary alicyclic amines) is 1. The lowest BCUT2D eigenvalue weighted by Gasteiger charge is -2.39. The van der Waals surface area contributed by atoms with E-state index in [9.17, 15) is 0 Å². The summed E-state index contributed by atoms with van der Waals surface area (Å²) >= 11 is 0. The zero-order valence-electron chi connectivity index (χ0n) is 11.7. The van der Waals surface area contributed by atoms with Crippen molar-refractivity contribution in [1.29, 1.82) is 0 Å². The van der Waals surface area contributed by atoms with E-state index in [-0.39, 0.29) is 0 Å². The van der Waals surface area contributed by atoms with Crippen LogP contribution in [0.1, 0.15) is 53.9 Å². The molecule has 0 N–H and O–H groups in total. The summed E-state index contributed by atoms with van der Waals surface area (Å²) in [6.45, 7) is 13.6. The highest BCUT2D eigenvalue weighted by Gasteiger charge is 2.28. The van der Waals surface area contributed by atoms with E-state index in [1.54, 1.807) is 0 Å². The van der Waals surface area contributed by atoms with Gasteiger partial charge in [0.15, 0.2) is 0 Å². The molecular formula is C14H29NO. The summed E-state index contributed by atoms with van der Waals surface area (Å²) < 4.78 is 6.14. The van der Waals surface area contributed by atoms with E-state index in [1.807, 2.05) is 0 Å². The van der Waals surface area contributed by atoms with Gasteiger partial charge in [-0.15, -0.1) is 0 Å². The van der Waals surface area contributed by atoms with Crippen LogP contribution in [0.25, 0.3) is 0 Å². The van der Waals surface area contributed by atoms with E-state index in [2.05, 4.69) is 39.5 Å². The second kappa shape index (κ2) is 6.61. The zero-order chi connectivity index (χ0) is 12.1. The van der Waals surface area contributed by atoms with Gasteiger partial charge >= 0.3 is 0 Å². The molecule has 0 radical (unpaired) electrons. The minimum absolute atomic E-state index is 0.371. The molecule has 2 heteroatoms. The van der Waals surface area contributed by atoms with Gasteiger partial charge in [-0.1, -0.05) is 27.2 Å². The molecule has 0 spiro atoms. The Hall–Kier alpha value is -0.0800. The van der Waals surface area contributed by atoms with Crippen LogP contribution in [0.3, 0.4) is 0 Å². The summed E-state index contributed by atoms with van der Waals surface area (Å²) in [5.41, 5.74) is 0. The Labute approximate surface area is 101 Å². The molecule has 96 valence electrons. The maximum atomic E-state index is 6.14. The number of rotatable bonds is 5. The molecule has 1 heterocycles. The minimum Gasteiger partial charge on any atom is -0.374 e. The number of hydrogen-bond acceptors (Lipinski definition) is 2. The van der Waals surface area contributed by atoms with Crippen LogP contribution in [-0.2, 0) is 4.74 Å². The van der Waals surface area contributed by atoms with Gasteiger partial charge in [0.1, 0.15) is 0 Å². The van der Waals surface area contributed by atoms with E-state index >= 15 is 0 Å². The standard InChI is InChI=1S/C14H29NO/c1-6-15-10-8-7-9-14(15)13(5)16-12(4)11(2)3/h11-14H,6-10H2,1-5H3/t12-,13?,14?/m0/s1. The SMILES string of the molecule is CCN1CCCCC1C(C)O[C@@H](C)C(C)C. The lowest BCUT2D eigenvalue weighted by Crippen LogP contribution is -2.47. The van der Waals surface area contributed by atoms with Crippen LogP contribution in [0.5, 0.6) is 0 Å². The number of nitrogens with zero attached hydrogens (tertiary/aromatic N) is 1. The summed E-state index contributed by atoms with van der Waals surface area (Å²) in [6, 6.07) is 0.639. The molecule has 0 aromatic carbocycles. The normalized spacial score (nSPS) is 27.0. The smallest absolute Gasteiger partial charge is 0.0705 e. The molecule has 0 amide bonds. The summed E-state index contributed by atoms with van der Waals surface area (Å²) in [5, 5.41) is 0. The second-order valence-corrected chi connectivity index (χ2v) is 5.48. The molecule has 0 aromatic rings. The number of ether oxygens (including phenoxy) is 1. The van der Waals surface area contributed by atoms with Gasteiger partial charge in [-0.05, 0) is 45.7 Å². The first-order chi connectivity index (χ1) is 7.56. The first-order valence-electron chi connectivity index (χ1n) is 6.95. The average Bonchev–Trinajstić information content (AvgIpc) is 2.28. The van der Waals surface area contributed by atoms with Gasteiger partial charge in [-0.3, -0.25) is 4.90 Å². The van der Waals surface area contributed by atoms with Crippen LogP contribution in [0.4, 0.5) is 0 Å². The van der Waals surface area contributed by atoms with Gasteiger partial charge in [0.05, 0.1) is 12.2 Å². The topological polar surface area (TPSA) is 12.5 Å². The fraction of sp³-hybridized carbons (Fsp3) is 1.00. The Morgan fingerprint density at radius 3 is 2.44 bits per heavy atom. The van der Waals surface area contributed by atoms with Crippen LogP contribution >= 0.6 is 0 Å². The highest BCUT2D eigenvalue weighted by atomic mass is 16.5. The van der Waals surface area contributed by atoms with Crippen LogP contribution in [0.15, 0.2) is 0 Å². The number of hydrogen-bond donors (Lipinski definition) is 0. The van der Waals surface area contributed by atoms with Gasteiger partial charge in [0.2, 0.25) is 0 Å². The maximum Gasteiger partial charge on any atom is 0.0705 e. The van der Waals surface area contributed by atoms with E-state index in [0.29, 0.717) is 24.2 Å². The van der Waals surface area contributed by atoms with E-state index in [0.717, 1.165) is 6.54 Å². The molecule has 1 saturated heterocycles. The average molecular weight is 227 g/mol. The monoisotopic (exact) mass is 227 g/mol. The molecule has 0 saturated carbocycles. The summed E-state index contributed by atoms with van der Waals surface area (Å²) in [6.07, 6.45) is 4.77. The Morgan fingerprint density at radius 1 is 1.19 bits per heavy atom. The lowest BCUT2D eigenvalue weighted by molar-refractivity contribution is -0.0664. The predicted octanol–water partition coefficient (Wildman–Crippen LogP) is 3.31. The van der Waals surface area contributed by atoms with Gasteiger partial charge < -0.3 is 4.74 Å². The molecule has 0 aliphatic carbocycles. The molecule has 1 fully saturated rings. The Morgan fingerprint density at radius 2 is 1.88 bits per heavy atom. The minimum atomic E-state index is 0.371. The van der Waals surface area contributed by atoms with Gasteiger partial charge in [-0.25, -0.2) is 0 Å². The molecule has 1 aliphatic rings. The number of likely N-dealkylation sites (N-methyl/N-ethyl adjacent to an activating group) is 1. The summed E-state index contributed by atoms with van der Waals surface area (Å²) in [5.74, 6) is 0.612. The fourth-order valence-electron chi connectivity index (χ4n) is 2.53. The maximum absolute atomic E-state index is 6.14. The molecule has 2 unspecified atom stereocenters. The Bertz CT molecular complexity index is 193. The highest BCUT2D eigenvalue weighted by Crippen LogP contribution is 2.22. The Balaban J connectivity index is 2.47. The van der Waals surface area contributed by atoms with Crippen molar-refractivity contribution in [3.8, 4) is 0 Å². The van der Waals surface area contributed by atoms with E-state index in [1.165, 1.54) is 25.8 Å². The van der Waals surface area contributed by atoms with Crippen molar-refractivity contribution in [3.05, 3.63) is 0 Å². The molecule has 2 nitrogen and oxygen atoms in total. The summed E-state index contributed by atoms with van der Waals surface area (Å²) in [7, 11) is 0. The Kier molecular flexibility index (Phi) is 5.77. The van der Waals surface area contributed by atoms with Crippen LogP contribution in [0, 0.1) is 5.92 Å². The molecule has 3 atom stereocenters. The second-order valence-electron chi connectivity index (χ2n) is 5.48. The van der Waals surface area contributed by atoms with Crippen molar-refractivity contribution < 1.29 is 4.74 Å². The van der Waals surface area contributed by atoms with Crippen LogP contribution < -0.4 is 0 Å². The largest absolute Gasteiger partial charge is 0.374 e. The van der Waals surface area contributed by atoms with Crippen molar-refractivity contribution in [2.24, 2.45) is 5.92 Å². The molecule has 0 bridgehead atoms. The lowest BCUT2D eigenvalue weighted by atomic mass is 9.97. The third-order valence-corrected chi connectivity index (χ3v) is 3.98. The van der Waals surface area contributed by atoms with Crippen molar-refractivity contribution >= 4 is 0 Å². The molecular weight excluding hydrogens is 198 g/mol. The highest BCUT2D eigenvalue weighted by molar-refractivity contribution is 4.81. The van der Waals surface area contributed by atoms with Gasteiger partial charge in [-0.2, -0.15) is 0 Å². The molecule has 0 aromatic heterocycles. The number of piperidine rings is 1. The van der Waals surface area contributed by atoms with Crippen molar-refractivity contribution in [2.45, 2.75) is 72.1 Å². The fourth-order valence-corrected chi connectivity index (χ4v) is 2.53. The van der Waals surface area contributed by atoms with Crippen molar-refractivity contribution in [2.75, 3.05) is 13.1 Å². The molecule has 1 aliphatic heterocycles. The first-order valence-corrected chi connectivity index (χ1v) is 6.95. The molecule has 1 rings (SSSR count). The quantitative estimate of drug-likeness (QED) is 0.714. The van der Waals surface area contributed by atoms with E-state index in [4.69, 9.17) is 4.74 Å². The van der Waals surface area contributed by atoms with Crippen molar-refractivity contribution in [3.63, 3.8) is 0 Å². The summed E-state index contributed by atoms with van der Waals surface area (Å²) in [4.78, 5) is 2.58. The zero-order valence-corrected chi connectivity index (χ0v) is 11.7. The third kappa shape index (κ3) is 3.74. The van der Waals surface area contributed by atoms with Gasteiger partial charge in [0, 0.05) is 6.04 Å². The first kappa shape index (κ1) is 14.0. The predicted molar refractivity (Wildman–Crippen MR) is 69.7 cm³/mol.